The molecule has 2 aliphatic rings. The van der Waals surface area contributed by atoms with Crippen LogP contribution < -0.4 is 5.32 Å². The molecule has 1 fully saturated rings. The number of aryl methyl sites for hydroxylation is 1. The number of ether oxygens (including phenoxy) is 2. The molecule has 0 radical (unpaired) electrons. The van der Waals surface area contributed by atoms with E-state index in [4.69, 9.17) is 31.0 Å². The van der Waals surface area contributed by atoms with Crippen LogP contribution >= 0.6 is 11.6 Å². The standard InChI is InChI=1S/C21H22ClFN4O5/c1-11-25-16(17-6-19(32-27-17)20-10-30-13(8-28)9-31-20)5-18(26-11)21(29)24-7-12-2-3-15(23)14(22)4-12/h2-5,13,19-20,28H,6-10H2,1H3,(H,24,29)/t13-,19-,20+/m0/s1. The second-order valence-corrected chi connectivity index (χ2v) is 7.92. The van der Waals surface area contributed by atoms with Gasteiger partial charge in [0, 0.05) is 13.0 Å². The van der Waals surface area contributed by atoms with E-state index in [1.807, 2.05) is 0 Å². The minimum absolute atomic E-state index is 0.00931. The number of aliphatic hydroxyl groups is 1. The summed E-state index contributed by atoms with van der Waals surface area (Å²) in [6, 6.07) is 5.79. The second kappa shape index (κ2) is 9.86. The number of aromatic nitrogens is 2. The Morgan fingerprint density at radius 2 is 2.09 bits per heavy atom. The average molecular weight is 465 g/mol. The van der Waals surface area contributed by atoms with Crippen molar-refractivity contribution in [1.82, 2.24) is 15.3 Å². The van der Waals surface area contributed by atoms with E-state index in [0.29, 0.717) is 35.8 Å². The highest BCUT2D eigenvalue weighted by Gasteiger charge is 2.35. The Kier molecular flexibility index (Phi) is 6.95. The highest BCUT2D eigenvalue weighted by atomic mass is 35.5. The number of amides is 1. The van der Waals surface area contributed by atoms with Gasteiger partial charge in [-0.3, -0.25) is 4.79 Å². The lowest BCUT2D eigenvalue weighted by atomic mass is 10.0. The predicted octanol–water partition coefficient (Wildman–Crippen LogP) is 1.78. The van der Waals surface area contributed by atoms with E-state index in [9.17, 15) is 9.18 Å². The Hall–Kier alpha value is -2.66. The topological polar surface area (TPSA) is 115 Å². The summed E-state index contributed by atoms with van der Waals surface area (Å²) in [4.78, 5) is 26.7. The molecular formula is C21H22ClFN4O5. The molecule has 0 aliphatic carbocycles. The fourth-order valence-corrected chi connectivity index (χ4v) is 3.58. The van der Waals surface area contributed by atoms with Crippen molar-refractivity contribution in [2.75, 3.05) is 19.8 Å². The molecule has 170 valence electrons. The molecule has 3 heterocycles. The summed E-state index contributed by atoms with van der Waals surface area (Å²) in [7, 11) is 0. The number of rotatable bonds is 6. The molecule has 0 bridgehead atoms. The first-order valence-corrected chi connectivity index (χ1v) is 10.5. The summed E-state index contributed by atoms with van der Waals surface area (Å²) >= 11 is 5.78. The smallest absolute Gasteiger partial charge is 0.270 e. The van der Waals surface area contributed by atoms with Crippen molar-refractivity contribution in [2.24, 2.45) is 5.16 Å². The summed E-state index contributed by atoms with van der Waals surface area (Å²) < 4.78 is 24.5. The van der Waals surface area contributed by atoms with Gasteiger partial charge in [0.1, 0.15) is 35.3 Å². The molecule has 0 saturated carbocycles. The van der Waals surface area contributed by atoms with E-state index >= 15 is 0 Å². The van der Waals surface area contributed by atoms with Gasteiger partial charge in [-0.1, -0.05) is 22.8 Å². The third-order valence-electron chi connectivity index (χ3n) is 5.11. The molecule has 9 nitrogen and oxygen atoms in total. The first-order valence-electron chi connectivity index (χ1n) is 10.1. The van der Waals surface area contributed by atoms with Crippen LogP contribution in [0.15, 0.2) is 29.4 Å². The first-order chi connectivity index (χ1) is 15.4. The molecular weight excluding hydrogens is 443 g/mol. The molecule has 2 aliphatic heterocycles. The maximum Gasteiger partial charge on any atom is 0.270 e. The van der Waals surface area contributed by atoms with Crippen LogP contribution in [-0.2, 0) is 20.9 Å². The largest absolute Gasteiger partial charge is 0.394 e. The zero-order valence-electron chi connectivity index (χ0n) is 17.3. The molecule has 32 heavy (non-hydrogen) atoms. The van der Waals surface area contributed by atoms with E-state index < -0.39 is 11.7 Å². The predicted molar refractivity (Wildman–Crippen MR) is 112 cm³/mol. The molecule has 1 amide bonds. The van der Waals surface area contributed by atoms with Crippen LogP contribution in [0.25, 0.3) is 0 Å². The van der Waals surface area contributed by atoms with Gasteiger partial charge in [0.05, 0.1) is 30.5 Å². The highest BCUT2D eigenvalue weighted by molar-refractivity contribution is 6.30. The Morgan fingerprint density at radius 1 is 1.25 bits per heavy atom. The van der Waals surface area contributed by atoms with Crippen molar-refractivity contribution in [3.63, 3.8) is 0 Å². The van der Waals surface area contributed by atoms with Gasteiger partial charge in [-0.2, -0.15) is 0 Å². The zero-order valence-corrected chi connectivity index (χ0v) is 18.0. The number of oxime groups is 1. The lowest BCUT2D eigenvalue weighted by Gasteiger charge is -2.30. The quantitative estimate of drug-likeness (QED) is 0.669. The molecule has 0 unspecified atom stereocenters. The van der Waals surface area contributed by atoms with Crippen molar-refractivity contribution in [3.05, 3.63) is 57.9 Å². The Bertz CT molecular complexity index is 1030. The van der Waals surface area contributed by atoms with Crippen LogP contribution in [0, 0.1) is 12.7 Å². The number of halogens is 2. The molecule has 4 rings (SSSR count). The lowest BCUT2D eigenvalue weighted by molar-refractivity contribution is -0.178. The number of hydrogen-bond donors (Lipinski definition) is 2. The SMILES string of the molecule is Cc1nc(C(=O)NCc2ccc(F)c(Cl)c2)cc(C2=NO[C@H]([C@H]3CO[C@@H](CO)CO3)C2)n1. The summed E-state index contributed by atoms with van der Waals surface area (Å²) in [6.07, 6.45) is -0.555. The van der Waals surface area contributed by atoms with Gasteiger partial charge in [-0.15, -0.1) is 0 Å². The zero-order chi connectivity index (χ0) is 22.7. The van der Waals surface area contributed by atoms with E-state index in [2.05, 4.69) is 20.4 Å². The lowest BCUT2D eigenvalue weighted by Crippen LogP contribution is -2.43. The minimum Gasteiger partial charge on any atom is -0.394 e. The summed E-state index contributed by atoms with van der Waals surface area (Å²) in [6.45, 7) is 2.33. The maximum atomic E-state index is 13.3. The van der Waals surface area contributed by atoms with Gasteiger partial charge in [0.2, 0.25) is 0 Å². The van der Waals surface area contributed by atoms with E-state index in [-0.39, 0.29) is 48.8 Å². The van der Waals surface area contributed by atoms with Crippen LogP contribution in [0.3, 0.4) is 0 Å². The molecule has 2 aromatic rings. The molecule has 1 aromatic carbocycles. The van der Waals surface area contributed by atoms with Gasteiger partial charge in [-0.05, 0) is 30.7 Å². The Balaban J connectivity index is 1.39. The third kappa shape index (κ3) is 5.21. The van der Waals surface area contributed by atoms with Gasteiger partial charge in [-0.25, -0.2) is 14.4 Å². The van der Waals surface area contributed by atoms with Gasteiger partial charge in [0.25, 0.3) is 5.91 Å². The van der Waals surface area contributed by atoms with E-state index in [1.165, 1.54) is 12.1 Å². The van der Waals surface area contributed by atoms with Crippen LogP contribution in [0.5, 0.6) is 0 Å². The van der Waals surface area contributed by atoms with Gasteiger partial charge >= 0.3 is 0 Å². The number of nitrogens with one attached hydrogen (secondary N) is 1. The second-order valence-electron chi connectivity index (χ2n) is 7.51. The van der Waals surface area contributed by atoms with Crippen molar-refractivity contribution in [3.8, 4) is 0 Å². The highest BCUT2D eigenvalue weighted by Crippen LogP contribution is 2.23. The Labute approximate surface area is 188 Å². The van der Waals surface area contributed by atoms with Crippen LogP contribution in [0.2, 0.25) is 5.02 Å². The van der Waals surface area contributed by atoms with Crippen molar-refractivity contribution in [2.45, 2.75) is 38.2 Å². The summed E-state index contributed by atoms with van der Waals surface area (Å²) in [5, 5.41) is 16.0. The van der Waals surface area contributed by atoms with E-state index in [1.54, 1.807) is 19.1 Å². The molecule has 1 aromatic heterocycles. The fourth-order valence-electron chi connectivity index (χ4n) is 3.38. The molecule has 0 spiro atoms. The molecule has 1 saturated heterocycles. The third-order valence-corrected chi connectivity index (χ3v) is 5.40. The summed E-state index contributed by atoms with van der Waals surface area (Å²) in [5.41, 5.74) is 1.90. The fraction of sp³-hybridized carbons (Fsp3) is 0.429. The maximum absolute atomic E-state index is 13.3. The number of benzene rings is 1. The Morgan fingerprint density at radius 3 is 2.81 bits per heavy atom. The molecule has 2 N–H and O–H groups in total. The summed E-state index contributed by atoms with van der Waals surface area (Å²) in [5.74, 6) is -0.520. The minimum atomic E-state index is -0.519. The molecule has 11 heteroatoms. The number of carbonyl (C=O) groups is 1. The number of nitrogens with zero attached hydrogens (tertiary/aromatic N) is 3. The van der Waals surface area contributed by atoms with Crippen LogP contribution in [-0.4, -0.2) is 64.8 Å². The molecule has 3 atom stereocenters. The van der Waals surface area contributed by atoms with Crippen LogP contribution in [0.4, 0.5) is 4.39 Å². The van der Waals surface area contributed by atoms with Crippen molar-refractivity contribution >= 4 is 23.2 Å². The number of aliphatic hydroxyl groups excluding tert-OH is 1. The van der Waals surface area contributed by atoms with Crippen molar-refractivity contribution < 1.29 is 28.6 Å². The first kappa shape index (κ1) is 22.5. The van der Waals surface area contributed by atoms with Gasteiger partial charge in [0.15, 0.2) is 6.10 Å². The number of carbonyl (C=O) groups excluding carboxylic acids is 1. The van der Waals surface area contributed by atoms with Gasteiger partial charge < -0.3 is 24.7 Å². The monoisotopic (exact) mass is 464 g/mol. The normalized spacial score (nSPS) is 22.9. The van der Waals surface area contributed by atoms with E-state index in [0.717, 1.165) is 0 Å². The van der Waals surface area contributed by atoms with Crippen molar-refractivity contribution in [1.29, 1.82) is 0 Å². The van der Waals surface area contributed by atoms with Crippen LogP contribution in [0.1, 0.15) is 34.0 Å². The number of hydrogen-bond acceptors (Lipinski definition) is 8. The average Bonchev–Trinajstić information content (AvgIpc) is 3.30.